The Morgan fingerprint density at radius 2 is 1.65 bits per heavy atom. The number of carbonyl (C=O) groups excluding carboxylic acids is 1. The molecule has 132 valence electrons. The number of hydrogen-bond acceptors (Lipinski definition) is 3. The van der Waals surface area contributed by atoms with Crippen LogP contribution in [0.4, 0.5) is 5.00 Å². The highest BCUT2D eigenvalue weighted by Gasteiger charge is 2.31. The van der Waals surface area contributed by atoms with Gasteiger partial charge in [0.05, 0.1) is 6.67 Å². The molecule has 1 aliphatic rings. The minimum atomic E-state index is 0.0749. The van der Waals surface area contributed by atoms with Crippen LogP contribution in [0.15, 0.2) is 60.7 Å². The fourth-order valence-corrected chi connectivity index (χ4v) is 4.60. The van der Waals surface area contributed by atoms with Crippen molar-refractivity contribution in [3.63, 3.8) is 0 Å². The van der Waals surface area contributed by atoms with Crippen LogP contribution in [0.25, 0.3) is 0 Å². The van der Waals surface area contributed by atoms with Gasteiger partial charge in [0, 0.05) is 29.1 Å². The molecule has 0 atom stereocenters. The van der Waals surface area contributed by atoms with E-state index in [9.17, 15) is 4.79 Å². The summed E-state index contributed by atoms with van der Waals surface area (Å²) in [4.78, 5) is 18.8. The second kappa shape index (κ2) is 7.06. The summed E-state index contributed by atoms with van der Waals surface area (Å²) in [5, 5.41) is 1.11. The number of carbonyl (C=O) groups is 1. The van der Waals surface area contributed by atoms with Gasteiger partial charge in [-0.05, 0) is 37.1 Å². The third kappa shape index (κ3) is 3.18. The summed E-state index contributed by atoms with van der Waals surface area (Å²) in [5.41, 5.74) is 4.61. The van der Waals surface area contributed by atoms with E-state index < -0.39 is 0 Å². The molecule has 0 saturated carbocycles. The molecule has 2 aromatic carbocycles. The topological polar surface area (TPSA) is 23.6 Å². The highest BCUT2D eigenvalue weighted by Crippen LogP contribution is 2.40. The maximum absolute atomic E-state index is 13.2. The van der Waals surface area contributed by atoms with Gasteiger partial charge in [-0.3, -0.25) is 14.6 Å². The number of rotatable bonds is 3. The lowest BCUT2D eigenvalue weighted by Gasteiger charge is -2.35. The lowest BCUT2D eigenvalue weighted by atomic mass is 10.1. The molecule has 3 nitrogen and oxygen atoms in total. The molecule has 1 aliphatic heterocycles. The lowest BCUT2D eigenvalue weighted by Crippen LogP contribution is -2.44. The van der Waals surface area contributed by atoms with Gasteiger partial charge in [0.15, 0.2) is 0 Å². The summed E-state index contributed by atoms with van der Waals surface area (Å²) >= 11 is 1.73. The molecule has 4 rings (SSSR count). The molecule has 0 radical (unpaired) electrons. The molecule has 2 heterocycles. The van der Waals surface area contributed by atoms with Crippen LogP contribution in [0.2, 0.25) is 0 Å². The average molecular weight is 362 g/mol. The number of fused-ring (bicyclic) bond motifs is 1. The van der Waals surface area contributed by atoms with Gasteiger partial charge in [-0.25, -0.2) is 0 Å². The fourth-order valence-electron chi connectivity index (χ4n) is 3.44. The first-order chi connectivity index (χ1) is 12.6. The molecule has 0 saturated heterocycles. The number of aryl methyl sites for hydroxylation is 1. The second-order valence-corrected chi connectivity index (χ2v) is 7.98. The number of amides is 1. The fraction of sp³-hybridized carbons (Fsp3) is 0.227. The standard InChI is InChI=1S/C22H22N2OS/c1-16-17(2)26-22-20(16)14-23(13-18-9-5-3-6-10-18)15-24(22)21(25)19-11-7-4-8-12-19/h3-12H,13-15H2,1-2H3. The van der Waals surface area contributed by atoms with Gasteiger partial charge in [-0.2, -0.15) is 0 Å². The summed E-state index contributed by atoms with van der Waals surface area (Å²) in [6, 6.07) is 20.0. The highest BCUT2D eigenvalue weighted by atomic mass is 32.1. The normalized spacial score (nSPS) is 14.3. The van der Waals surface area contributed by atoms with E-state index >= 15 is 0 Å². The molecule has 0 fully saturated rings. The largest absolute Gasteiger partial charge is 0.286 e. The van der Waals surface area contributed by atoms with Crippen molar-refractivity contribution >= 4 is 22.2 Å². The van der Waals surface area contributed by atoms with Crippen molar-refractivity contribution in [2.24, 2.45) is 0 Å². The van der Waals surface area contributed by atoms with E-state index in [4.69, 9.17) is 0 Å². The van der Waals surface area contributed by atoms with Gasteiger partial charge in [0.1, 0.15) is 5.00 Å². The van der Waals surface area contributed by atoms with Crippen LogP contribution >= 0.6 is 11.3 Å². The van der Waals surface area contributed by atoms with Crippen molar-refractivity contribution in [1.82, 2.24) is 4.90 Å². The molecule has 0 aliphatic carbocycles. The zero-order valence-electron chi connectivity index (χ0n) is 15.1. The van der Waals surface area contributed by atoms with E-state index in [-0.39, 0.29) is 5.91 Å². The number of thiophene rings is 1. The van der Waals surface area contributed by atoms with E-state index in [0.717, 1.165) is 23.7 Å². The summed E-state index contributed by atoms with van der Waals surface area (Å²) < 4.78 is 0. The van der Waals surface area contributed by atoms with Crippen molar-refractivity contribution in [3.8, 4) is 0 Å². The SMILES string of the molecule is Cc1sc2c(c1C)CN(Cc1ccccc1)CN2C(=O)c1ccccc1. The molecule has 0 spiro atoms. The monoisotopic (exact) mass is 362 g/mol. The van der Waals surface area contributed by atoms with E-state index in [2.05, 4.69) is 43.0 Å². The number of nitrogens with zero attached hydrogens (tertiary/aromatic N) is 2. The number of benzene rings is 2. The van der Waals surface area contributed by atoms with Crippen molar-refractivity contribution in [2.75, 3.05) is 11.6 Å². The zero-order chi connectivity index (χ0) is 18.1. The summed E-state index contributed by atoms with van der Waals surface area (Å²) in [6.45, 7) is 6.66. The quantitative estimate of drug-likeness (QED) is 0.656. The molecule has 1 aromatic heterocycles. The van der Waals surface area contributed by atoms with Crippen molar-refractivity contribution in [3.05, 3.63) is 87.8 Å². The molecule has 4 heteroatoms. The maximum atomic E-state index is 13.2. The van der Waals surface area contributed by atoms with Crippen molar-refractivity contribution < 1.29 is 4.79 Å². The molecular formula is C22H22N2OS. The molecule has 0 bridgehead atoms. The van der Waals surface area contributed by atoms with E-state index in [1.807, 2.05) is 41.3 Å². The Morgan fingerprint density at radius 3 is 2.35 bits per heavy atom. The molecule has 0 unspecified atom stereocenters. The van der Waals surface area contributed by atoms with E-state index in [1.165, 1.54) is 21.6 Å². The lowest BCUT2D eigenvalue weighted by molar-refractivity contribution is 0.0957. The van der Waals surface area contributed by atoms with Gasteiger partial charge in [0.25, 0.3) is 5.91 Å². The first kappa shape index (κ1) is 17.0. The summed E-state index contributed by atoms with van der Waals surface area (Å²) in [5.74, 6) is 0.0749. The van der Waals surface area contributed by atoms with Crippen molar-refractivity contribution in [1.29, 1.82) is 0 Å². The second-order valence-electron chi connectivity index (χ2n) is 6.78. The average Bonchev–Trinajstić information content (AvgIpc) is 2.97. The first-order valence-corrected chi connectivity index (χ1v) is 9.67. The molecule has 0 N–H and O–H groups in total. The van der Waals surface area contributed by atoms with Gasteiger partial charge < -0.3 is 0 Å². The third-order valence-electron chi connectivity index (χ3n) is 4.97. The number of anilines is 1. The van der Waals surface area contributed by atoms with Gasteiger partial charge >= 0.3 is 0 Å². The number of hydrogen-bond donors (Lipinski definition) is 0. The zero-order valence-corrected chi connectivity index (χ0v) is 15.9. The van der Waals surface area contributed by atoms with Crippen LogP contribution in [0, 0.1) is 13.8 Å². The van der Waals surface area contributed by atoms with Crippen LogP contribution in [-0.4, -0.2) is 17.5 Å². The minimum absolute atomic E-state index is 0.0749. The Bertz CT molecular complexity index is 918. The predicted octanol–water partition coefficient (Wildman–Crippen LogP) is 4.99. The summed E-state index contributed by atoms with van der Waals surface area (Å²) in [7, 11) is 0. The van der Waals surface area contributed by atoms with Crippen LogP contribution in [0.1, 0.15) is 31.9 Å². The van der Waals surface area contributed by atoms with Gasteiger partial charge in [-0.15, -0.1) is 11.3 Å². The molecular weight excluding hydrogens is 340 g/mol. The van der Waals surface area contributed by atoms with Crippen LogP contribution < -0.4 is 4.90 Å². The first-order valence-electron chi connectivity index (χ1n) is 8.85. The Labute approximate surface area is 158 Å². The van der Waals surface area contributed by atoms with Crippen LogP contribution in [-0.2, 0) is 13.1 Å². The molecule has 3 aromatic rings. The molecule has 1 amide bonds. The Balaban J connectivity index is 1.68. The van der Waals surface area contributed by atoms with Gasteiger partial charge in [-0.1, -0.05) is 48.5 Å². The highest BCUT2D eigenvalue weighted by molar-refractivity contribution is 7.16. The smallest absolute Gasteiger partial charge is 0.260 e. The predicted molar refractivity (Wildman–Crippen MR) is 108 cm³/mol. The van der Waals surface area contributed by atoms with E-state index in [0.29, 0.717) is 6.67 Å². The Hall–Kier alpha value is -2.43. The van der Waals surface area contributed by atoms with Crippen LogP contribution in [0.5, 0.6) is 0 Å². The van der Waals surface area contributed by atoms with Gasteiger partial charge in [0.2, 0.25) is 0 Å². The van der Waals surface area contributed by atoms with Crippen LogP contribution in [0.3, 0.4) is 0 Å². The molecule has 26 heavy (non-hydrogen) atoms. The van der Waals surface area contributed by atoms with Crippen molar-refractivity contribution in [2.45, 2.75) is 26.9 Å². The maximum Gasteiger partial charge on any atom is 0.260 e. The third-order valence-corrected chi connectivity index (χ3v) is 6.24. The van der Waals surface area contributed by atoms with E-state index in [1.54, 1.807) is 11.3 Å². The minimum Gasteiger partial charge on any atom is -0.286 e. The Morgan fingerprint density at radius 1 is 1.00 bits per heavy atom. The summed E-state index contributed by atoms with van der Waals surface area (Å²) in [6.07, 6.45) is 0. The Kier molecular flexibility index (Phi) is 4.62.